The summed E-state index contributed by atoms with van der Waals surface area (Å²) in [5, 5.41) is 10.4. The van der Waals surface area contributed by atoms with Gasteiger partial charge in [-0.05, 0) is 23.2 Å². The fourth-order valence-corrected chi connectivity index (χ4v) is 4.47. The summed E-state index contributed by atoms with van der Waals surface area (Å²) in [7, 11) is 2.44. The molecular weight excluding hydrogens is 362 g/mol. The Hall–Kier alpha value is -2.38. The molecule has 1 aromatic heterocycles. The summed E-state index contributed by atoms with van der Waals surface area (Å²) in [6.07, 6.45) is 2.33. The highest BCUT2D eigenvalue weighted by atomic mass is 28.1. The normalized spacial score (nSPS) is 18.0. The minimum atomic E-state index is -1.19. The highest BCUT2D eigenvalue weighted by Gasteiger charge is 2.31. The molecule has 1 aliphatic heterocycles. The minimum Gasteiger partial charge on any atom is -0.491 e. The van der Waals surface area contributed by atoms with Crippen LogP contribution in [0.5, 0.6) is 5.75 Å². The van der Waals surface area contributed by atoms with E-state index in [1.165, 1.54) is 12.3 Å². The zero-order valence-electron chi connectivity index (χ0n) is 16.1. The van der Waals surface area contributed by atoms with E-state index in [-0.39, 0.29) is 17.5 Å². The quantitative estimate of drug-likeness (QED) is 0.597. The van der Waals surface area contributed by atoms with Crippen molar-refractivity contribution in [2.24, 2.45) is 0 Å². The molecule has 2 heterocycles. The number of carbonyl (C=O) groups is 1. The Morgan fingerprint density at radius 3 is 2.67 bits per heavy atom. The van der Waals surface area contributed by atoms with Gasteiger partial charge in [0.1, 0.15) is 17.9 Å². The Morgan fingerprint density at radius 1 is 1.30 bits per heavy atom. The van der Waals surface area contributed by atoms with Crippen molar-refractivity contribution < 1.29 is 19.4 Å². The summed E-state index contributed by atoms with van der Waals surface area (Å²) >= 11 is 0. The van der Waals surface area contributed by atoms with Gasteiger partial charge in [0.2, 0.25) is 0 Å². The van der Waals surface area contributed by atoms with Gasteiger partial charge in [-0.1, -0.05) is 19.9 Å². The number of methoxy groups -OCH3 is 1. The Balaban J connectivity index is 2.18. The van der Waals surface area contributed by atoms with E-state index in [2.05, 4.69) is 26.0 Å². The lowest BCUT2D eigenvalue weighted by Crippen LogP contribution is -2.28. The first-order chi connectivity index (χ1) is 12.9. The van der Waals surface area contributed by atoms with Crippen LogP contribution in [0.1, 0.15) is 48.1 Å². The van der Waals surface area contributed by atoms with Gasteiger partial charge in [-0.15, -0.1) is 0 Å². The third-order valence-corrected chi connectivity index (χ3v) is 6.10. The number of rotatable bonds is 6. The number of benzene rings is 1. The van der Waals surface area contributed by atoms with Crippen LogP contribution in [-0.4, -0.2) is 46.2 Å². The molecular formula is C20H25NO5Si. The fraction of sp³-hybridized carbons (Fsp3) is 0.400. The Kier molecular flexibility index (Phi) is 5.52. The SMILES string of the molecule is CCC1C(C)c2cc(OCCOC)c([SiH3])cc2-c2cc(=O)c(C(=O)O)cn21. The summed E-state index contributed by atoms with van der Waals surface area (Å²) < 4.78 is 12.9. The van der Waals surface area contributed by atoms with Crippen molar-refractivity contribution in [2.45, 2.75) is 32.2 Å². The number of aromatic nitrogens is 1. The van der Waals surface area contributed by atoms with Gasteiger partial charge in [0.15, 0.2) is 5.43 Å². The van der Waals surface area contributed by atoms with Gasteiger partial charge in [0, 0.05) is 47.1 Å². The van der Waals surface area contributed by atoms with Gasteiger partial charge in [-0.2, -0.15) is 0 Å². The van der Waals surface area contributed by atoms with Crippen LogP contribution >= 0.6 is 0 Å². The molecule has 1 N–H and O–H groups in total. The van der Waals surface area contributed by atoms with Crippen molar-refractivity contribution in [1.82, 2.24) is 4.57 Å². The number of hydrogen-bond acceptors (Lipinski definition) is 4. The highest BCUT2D eigenvalue weighted by molar-refractivity contribution is 6.34. The third-order valence-electron chi connectivity index (χ3n) is 5.32. The second kappa shape index (κ2) is 7.70. The second-order valence-corrected chi connectivity index (χ2v) is 8.04. The van der Waals surface area contributed by atoms with Crippen molar-refractivity contribution in [3.05, 3.63) is 45.7 Å². The summed E-state index contributed by atoms with van der Waals surface area (Å²) in [6, 6.07) is 5.71. The molecule has 6 nitrogen and oxygen atoms in total. The molecule has 0 bridgehead atoms. The molecule has 1 aromatic carbocycles. The second-order valence-electron chi connectivity index (χ2n) is 6.96. The number of nitrogens with zero attached hydrogens (tertiary/aromatic N) is 1. The maximum Gasteiger partial charge on any atom is 0.341 e. The molecule has 1 aliphatic rings. The van der Waals surface area contributed by atoms with Crippen LogP contribution in [0.25, 0.3) is 11.3 Å². The van der Waals surface area contributed by atoms with Crippen LogP contribution in [0.4, 0.5) is 0 Å². The van der Waals surface area contributed by atoms with Crippen LogP contribution in [-0.2, 0) is 4.74 Å². The topological polar surface area (TPSA) is 77.8 Å². The minimum absolute atomic E-state index is 0.0815. The molecule has 144 valence electrons. The first kappa shape index (κ1) is 19.4. The lowest BCUT2D eigenvalue weighted by Gasteiger charge is -2.36. The molecule has 0 saturated heterocycles. The number of hydrogen-bond donors (Lipinski definition) is 1. The molecule has 0 radical (unpaired) electrons. The average Bonchev–Trinajstić information content (AvgIpc) is 2.63. The van der Waals surface area contributed by atoms with Crippen molar-refractivity contribution in [2.75, 3.05) is 20.3 Å². The molecule has 2 unspecified atom stereocenters. The van der Waals surface area contributed by atoms with Crippen molar-refractivity contribution in [3.63, 3.8) is 0 Å². The average molecular weight is 388 g/mol. The number of aromatic carboxylic acids is 1. The Bertz CT molecular complexity index is 937. The largest absolute Gasteiger partial charge is 0.491 e. The number of fused-ring (bicyclic) bond motifs is 3. The Morgan fingerprint density at radius 2 is 2.04 bits per heavy atom. The first-order valence-corrected chi connectivity index (χ1v) is 10.1. The molecule has 2 atom stereocenters. The monoisotopic (exact) mass is 387 g/mol. The summed E-state index contributed by atoms with van der Waals surface area (Å²) in [6.45, 7) is 5.24. The van der Waals surface area contributed by atoms with E-state index in [1.54, 1.807) is 7.11 Å². The van der Waals surface area contributed by atoms with E-state index < -0.39 is 11.4 Å². The molecule has 0 spiro atoms. The van der Waals surface area contributed by atoms with Gasteiger partial charge in [-0.3, -0.25) is 4.79 Å². The summed E-state index contributed by atoms with van der Waals surface area (Å²) in [4.78, 5) is 23.7. The van der Waals surface area contributed by atoms with E-state index in [9.17, 15) is 14.7 Å². The molecule has 2 aromatic rings. The molecule has 0 aliphatic carbocycles. The van der Waals surface area contributed by atoms with E-state index in [4.69, 9.17) is 9.47 Å². The highest BCUT2D eigenvalue weighted by Crippen LogP contribution is 2.44. The zero-order valence-corrected chi connectivity index (χ0v) is 18.1. The Labute approximate surface area is 161 Å². The number of pyridine rings is 1. The van der Waals surface area contributed by atoms with Crippen molar-refractivity contribution in [1.29, 1.82) is 0 Å². The smallest absolute Gasteiger partial charge is 0.341 e. The molecule has 0 amide bonds. The van der Waals surface area contributed by atoms with Crippen molar-refractivity contribution >= 4 is 21.4 Å². The van der Waals surface area contributed by atoms with Gasteiger partial charge < -0.3 is 19.1 Å². The number of carboxylic acid groups (broad SMARTS) is 1. The van der Waals surface area contributed by atoms with Gasteiger partial charge in [0.25, 0.3) is 0 Å². The maximum absolute atomic E-state index is 12.3. The molecule has 3 rings (SSSR count). The fourth-order valence-electron chi connectivity index (χ4n) is 3.89. The lowest BCUT2D eigenvalue weighted by atomic mass is 9.82. The van der Waals surface area contributed by atoms with Crippen molar-refractivity contribution in [3.8, 4) is 17.0 Å². The number of ether oxygens (including phenoxy) is 2. The van der Waals surface area contributed by atoms with Crippen LogP contribution in [0, 0.1) is 0 Å². The summed E-state index contributed by atoms with van der Waals surface area (Å²) in [5.41, 5.74) is 2.27. The van der Waals surface area contributed by atoms with Crippen LogP contribution < -0.4 is 15.4 Å². The van der Waals surface area contributed by atoms with Gasteiger partial charge in [0.05, 0.1) is 12.3 Å². The van der Waals surface area contributed by atoms with Crippen LogP contribution in [0.15, 0.2) is 29.2 Å². The zero-order chi connectivity index (χ0) is 19.7. The molecule has 7 heteroatoms. The van der Waals surface area contributed by atoms with E-state index in [0.29, 0.717) is 13.2 Å². The van der Waals surface area contributed by atoms with Crippen LogP contribution in [0.3, 0.4) is 0 Å². The van der Waals surface area contributed by atoms with E-state index in [1.807, 2.05) is 4.57 Å². The molecule has 0 fully saturated rings. The third kappa shape index (κ3) is 3.44. The predicted octanol–water partition coefficient (Wildman–Crippen LogP) is 1.30. The summed E-state index contributed by atoms with van der Waals surface area (Å²) in [5.74, 6) is -0.139. The first-order valence-electron chi connectivity index (χ1n) is 9.15. The molecule has 27 heavy (non-hydrogen) atoms. The van der Waals surface area contributed by atoms with Gasteiger partial charge in [-0.25, -0.2) is 4.79 Å². The lowest BCUT2D eigenvalue weighted by molar-refractivity contribution is 0.0694. The number of carboxylic acids is 1. The maximum atomic E-state index is 12.3. The van der Waals surface area contributed by atoms with Crippen LogP contribution in [0.2, 0.25) is 0 Å². The van der Waals surface area contributed by atoms with E-state index in [0.717, 1.165) is 44.4 Å². The molecule has 0 saturated carbocycles. The standard InChI is InChI=1S/C20H25NO5Si/c1-4-15-11(2)12-7-18(26-6-5-25-3)19(27)8-13(12)16-9-17(22)14(20(23)24)10-21(15)16/h7-11,15H,4-6H2,1-3,27H3,(H,23,24). The van der Waals surface area contributed by atoms with Gasteiger partial charge >= 0.3 is 5.97 Å². The van der Waals surface area contributed by atoms with E-state index >= 15 is 0 Å². The predicted molar refractivity (Wildman–Crippen MR) is 108 cm³/mol.